The van der Waals surface area contributed by atoms with Crippen LogP contribution in [0.2, 0.25) is 0 Å². The quantitative estimate of drug-likeness (QED) is 0.442. The monoisotopic (exact) mass is 143 g/mol. The highest BCUT2D eigenvalue weighted by molar-refractivity contribution is 4.80. The van der Waals surface area contributed by atoms with E-state index in [9.17, 15) is 4.91 Å². The second-order valence-corrected chi connectivity index (χ2v) is 3.26. The predicted octanol–water partition coefficient (Wildman–Crippen LogP) is 1.57. The lowest BCUT2D eigenvalue weighted by atomic mass is 9.84. The molecule has 0 saturated carbocycles. The first-order valence-electron chi connectivity index (χ1n) is 3.64. The number of rotatable bonds is 4. The normalized spacial score (nSPS) is 21.7. The van der Waals surface area contributed by atoms with Gasteiger partial charge >= 0.3 is 0 Å². The zero-order valence-electron chi connectivity index (χ0n) is 6.30. The average Bonchev–Trinajstić information content (AvgIpc) is 1.85. The molecule has 0 N–H and O–H groups in total. The fourth-order valence-electron chi connectivity index (χ4n) is 1.17. The van der Waals surface area contributed by atoms with Gasteiger partial charge in [-0.3, -0.25) is 0 Å². The number of nitrogens with zero attached hydrogens (tertiary/aromatic N) is 1. The van der Waals surface area contributed by atoms with Crippen molar-refractivity contribution in [2.45, 2.75) is 19.8 Å². The number of ether oxygens (including phenoxy) is 1. The zero-order valence-corrected chi connectivity index (χ0v) is 6.30. The van der Waals surface area contributed by atoms with Crippen LogP contribution in [-0.2, 0) is 4.74 Å². The van der Waals surface area contributed by atoms with Crippen LogP contribution in [0.25, 0.3) is 0 Å². The van der Waals surface area contributed by atoms with E-state index in [1.807, 2.05) is 0 Å². The highest BCUT2D eigenvalue weighted by atomic mass is 16.5. The van der Waals surface area contributed by atoms with E-state index in [2.05, 4.69) is 12.1 Å². The summed E-state index contributed by atoms with van der Waals surface area (Å²) in [5.74, 6) is 0. The fraction of sp³-hybridized carbons (Fsp3) is 1.00. The van der Waals surface area contributed by atoms with Gasteiger partial charge in [0, 0.05) is 5.41 Å². The molecule has 0 amide bonds. The molecule has 0 aromatic carbocycles. The van der Waals surface area contributed by atoms with E-state index < -0.39 is 0 Å². The third-order valence-corrected chi connectivity index (χ3v) is 1.93. The maximum atomic E-state index is 9.72. The van der Waals surface area contributed by atoms with Crippen molar-refractivity contribution >= 4 is 0 Å². The summed E-state index contributed by atoms with van der Waals surface area (Å²) in [7, 11) is 0. The Morgan fingerprint density at radius 1 is 1.60 bits per heavy atom. The molecular formula is C7H13NO2. The lowest BCUT2D eigenvalue weighted by Crippen LogP contribution is -2.39. The van der Waals surface area contributed by atoms with Gasteiger partial charge in [0.1, 0.15) is 0 Å². The minimum atomic E-state index is 0.352. The molecule has 0 unspecified atom stereocenters. The number of nitroso groups, excluding NO2 is 1. The van der Waals surface area contributed by atoms with Gasteiger partial charge in [0.25, 0.3) is 0 Å². The lowest BCUT2D eigenvalue weighted by Gasteiger charge is -2.37. The maximum absolute atomic E-state index is 9.72. The molecule has 3 nitrogen and oxygen atoms in total. The van der Waals surface area contributed by atoms with Gasteiger partial charge in [-0.25, -0.2) is 0 Å². The molecule has 0 radical (unpaired) electrons. The van der Waals surface area contributed by atoms with Gasteiger partial charge in [-0.15, -0.1) is 0 Å². The largest absolute Gasteiger partial charge is 0.380 e. The highest BCUT2D eigenvalue weighted by Gasteiger charge is 2.32. The van der Waals surface area contributed by atoms with Gasteiger partial charge in [0.05, 0.1) is 19.8 Å². The van der Waals surface area contributed by atoms with Crippen LogP contribution in [0.15, 0.2) is 5.18 Å². The Morgan fingerprint density at radius 2 is 2.30 bits per heavy atom. The molecule has 0 bridgehead atoms. The third kappa shape index (κ3) is 1.77. The molecule has 58 valence electrons. The smallest absolute Gasteiger partial charge is 0.0811 e. The Bertz CT molecular complexity index is 121. The molecule has 10 heavy (non-hydrogen) atoms. The molecule has 1 heterocycles. The van der Waals surface area contributed by atoms with Crippen molar-refractivity contribution in [2.75, 3.05) is 19.8 Å². The van der Waals surface area contributed by atoms with Crippen molar-refractivity contribution < 1.29 is 4.74 Å². The van der Waals surface area contributed by atoms with Gasteiger partial charge in [0.2, 0.25) is 0 Å². The standard InChI is InChI=1S/C7H13NO2/c1-7(5-10-6-7)3-2-4-8-9/h2-6H2,1H3. The molecule has 1 rings (SSSR count). The fourth-order valence-corrected chi connectivity index (χ4v) is 1.17. The van der Waals surface area contributed by atoms with Crippen LogP contribution in [0, 0.1) is 10.3 Å². The molecule has 1 aliphatic rings. The van der Waals surface area contributed by atoms with Crippen LogP contribution in [0.5, 0.6) is 0 Å². The topological polar surface area (TPSA) is 38.7 Å². The third-order valence-electron chi connectivity index (χ3n) is 1.93. The SMILES string of the molecule is CC1(CCCN=O)COC1. The van der Waals surface area contributed by atoms with Crippen LogP contribution < -0.4 is 0 Å². The summed E-state index contributed by atoms with van der Waals surface area (Å²) in [6.07, 6.45) is 1.97. The highest BCUT2D eigenvalue weighted by Crippen LogP contribution is 2.31. The summed E-state index contributed by atoms with van der Waals surface area (Å²) >= 11 is 0. The Labute approximate surface area is 60.7 Å². The summed E-state index contributed by atoms with van der Waals surface area (Å²) in [6.45, 7) is 4.34. The second kappa shape index (κ2) is 3.10. The van der Waals surface area contributed by atoms with E-state index in [-0.39, 0.29) is 0 Å². The average molecular weight is 143 g/mol. The van der Waals surface area contributed by atoms with Crippen molar-refractivity contribution in [1.82, 2.24) is 0 Å². The van der Waals surface area contributed by atoms with E-state index in [4.69, 9.17) is 4.74 Å². The summed E-state index contributed by atoms with van der Waals surface area (Å²) in [5.41, 5.74) is 0.352. The van der Waals surface area contributed by atoms with E-state index in [1.165, 1.54) is 0 Å². The molecule has 0 aromatic rings. The molecule has 0 aromatic heterocycles. The Morgan fingerprint density at radius 3 is 2.70 bits per heavy atom. The summed E-state index contributed by atoms with van der Waals surface area (Å²) in [5, 5.41) is 2.81. The molecule has 1 aliphatic heterocycles. The second-order valence-electron chi connectivity index (χ2n) is 3.26. The van der Waals surface area contributed by atoms with E-state index in [0.717, 1.165) is 26.1 Å². The first-order chi connectivity index (χ1) is 4.77. The van der Waals surface area contributed by atoms with Crippen LogP contribution in [0.1, 0.15) is 19.8 Å². The van der Waals surface area contributed by atoms with E-state index >= 15 is 0 Å². The summed E-state index contributed by atoms with van der Waals surface area (Å²) in [6, 6.07) is 0. The van der Waals surface area contributed by atoms with Gasteiger partial charge < -0.3 is 4.74 Å². The Balaban J connectivity index is 2.06. The van der Waals surface area contributed by atoms with E-state index in [0.29, 0.717) is 12.0 Å². The van der Waals surface area contributed by atoms with Crippen LogP contribution >= 0.6 is 0 Å². The van der Waals surface area contributed by atoms with Crippen molar-refractivity contribution in [2.24, 2.45) is 10.6 Å². The first-order valence-corrected chi connectivity index (χ1v) is 3.64. The maximum Gasteiger partial charge on any atom is 0.0811 e. The van der Waals surface area contributed by atoms with Gasteiger partial charge in [0.15, 0.2) is 0 Å². The zero-order chi connectivity index (χ0) is 7.45. The summed E-state index contributed by atoms with van der Waals surface area (Å²) < 4.78 is 5.06. The van der Waals surface area contributed by atoms with Crippen molar-refractivity contribution in [1.29, 1.82) is 0 Å². The van der Waals surface area contributed by atoms with Gasteiger partial charge in [-0.1, -0.05) is 12.1 Å². The van der Waals surface area contributed by atoms with Crippen molar-refractivity contribution in [3.8, 4) is 0 Å². The predicted molar refractivity (Wildman–Crippen MR) is 38.8 cm³/mol. The number of hydrogen-bond donors (Lipinski definition) is 0. The van der Waals surface area contributed by atoms with Gasteiger partial charge in [-0.05, 0) is 12.8 Å². The Kier molecular flexibility index (Phi) is 2.38. The minimum Gasteiger partial charge on any atom is -0.380 e. The Hall–Kier alpha value is -0.440. The molecule has 1 saturated heterocycles. The molecule has 0 atom stereocenters. The number of hydrogen-bond acceptors (Lipinski definition) is 3. The van der Waals surface area contributed by atoms with Crippen molar-refractivity contribution in [3.05, 3.63) is 4.91 Å². The van der Waals surface area contributed by atoms with Crippen molar-refractivity contribution in [3.63, 3.8) is 0 Å². The lowest BCUT2D eigenvalue weighted by molar-refractivity contribution is -0.106. The minimum absolute atomic E-state index is 0.352. The van der Waals surface area contributed by atoms with E-state index in [1.54, 1.807) is 0 Å². The first kappa shape index (κ1) is 7.66. The molecule has 1 fully saturated rings. The van der Waals surface area contributed by atoms with Crippen LogP contribution in [0.4, 0.5) is 0 Å². The molecule has 3 heteroatoms. The molecular weight excluding hydrogens is 130 g/mol. The van der Waals surface area contributed by atoms with Gasteiger partial charge in [-0.2, -0.15) is 4.91 Å². The van der Waals surface area contributed by atoms with Crippen LogP contribution in [-0.4, -0.2) is 19.8 Å². The van der Waals surface area contributed by atoms with Crippen LogP contribution in [0.3, 0.4) is 0 Å². The molecule has 0 spiro atoms. The summed E-state index contributed by atoms with van der Waals surface area (Å²) in [4.78, 5) is 9.72. The molecule has 0 aliphatic carbocycles.